The fourth-order valence-corrected chi connectivity index (χ4v) is 6.66. The molecule has 0 aliphatic rings. The Balaban J connectivity index is 1.71. The molecule has 0 radical (unpaired) electrons. The molecule has 4 aromatic carbocycles. The summed E-state index contributed by atoms with van der Waals surface area (Å²) in [6.45, 7) is 8.15. The molecule has 0 amide bonds. The van der Waals surface area contributed by atoms with Crippen molar-refractivity contribution in [2.45, 2.75) is 32.6 Å². The first kappa shape index (κ1) is 21.7. The molecule has 0 N–H and O–H groups in total. The third-order valence-corrected chi connectivity index (χ3v) is 8.54. The second-order valence-corrected chi connectivity index (χ2v) is 11.2. The van der Waals surface area contributed by atoms with E-state index in [0.29, 0.717) is 5.75 Å². The lowest BCUT2D eigenvalue weighted by Gasteiger charge is -2.16. The number of thiophene rings is 1. The maximum Gasteiger partial charge on any atom is 0.339 e. The van der Waals surface area contributed by atoms with Crippen molar-refractivity contribution in [2.75, 3.05) is 0 Å². The largest absolute Gasteiger partial charge is 0.378 e. The third kappa shape index (κ3) is 3.71. The summed E-state index contributed by atoms with van der Waals surface area (Å²) in [5.74, 6) is 0.386. The molecular formula is C28H24O3S2. The van der Waals surface area contributed by atoms with Crippen LogP contribution in [0.3, 0.4) is 0 Å². The highest BCUT2D eigenvalue weighted by molar-refractivity contribution is 7.87. The Bertz CT molecular complexity index is 1610. The lowest BCUT2D eigenvalue weighted by molar-refractivity contribution is 0.482. The molecule has 0 unspecified atom stereocenters. The maximum atomic E-state index is 12.8. The van der Waals surface area contributed by atoms with Gasteiger partial charge >= 0.3 is 10.1 Å². The van der Waals surface area contributed by atoms with Gasteiger partial charge in [-0.25, -0.2) is 0 Å². The number of benzene rings is 4. The molecular weight excluding hydrogens is 448 g/mol. The molecule has 5 heteroatoms. The quantitative estimate of drug-likeness (QED) is 0.251. The van der Waals surface area contributed by atoms with Gasteiger partial charge in [0.05, 0.1) is 0 Å². The number of aryl methyl sites for hydroxylation is 4. The molecule has 0 fully saturated rings. The number of hydrogen-bond acceptors (Lipinski definition) is 4. The van der Waals surface area contributed by atoms with Crippen LogP contribution in [0.1, 0.15) is 21.6 Å². The molecule has 0 bridgehead atoms. The Morgan fingerprint density at radius 1 is 0.788 bits per heavy atom. The highest BCUT2D eigenvalue weighted by Crippen LogP contribution is 2.44. The number of rotatable bonds is 4. The van der Waals surface area contributed by atoms with Crippen LogP contribution >= 0.6 is 11.3 Å². The summed E-state index contributed by atoms with van der Waals surface area (Å²) in [5, 5.41) is 3.65. The number of fused-ring (bicyclic) bond motifs is 2. The average Bonchev–Trinajstić information content (AvgIpc) is 3.08. The first-order valence-corrected chi connectivity index (χ1v) is 13.0. The third-order valence-electron chi connectivity index (χ3n) is 6.15. The molecule has 5 aromatic rings. The highest BCUT2D eigenvalue weighted by Gasteiger charge is 2.21. The van der Waals surface area contributed by atoms with E-state index in [4.69, 9.17) is 4.18 Å². The Labute approximate surface area is 198 Å². The Morgan fingerprint density at radius 2 is 1.42 bits per heavy atom. The zero-order valence-corrected chi connectivity index (χ0v) is 20.6. The normalized spacial score (nSPS) is 11.9. The van der Waals surface area contributed by atoms with Gasteiger partial charge in [0.2, 0.25) is 0 Å². The van der Waals surface area contributed by atoms with Crippen LogP contribution in [0.4, 0.5) is 0 Å². The van der Waals surface area contributed by atoms with E-state index in [-0.39, 0.29) is 4.90 Å². The van der Waals surface area contributed by atoms with Crippen LogP contribution < -0.4 is 4.18 Å². The molecule has 0 atom stereocenters. The lowest BCUT2D eigenvalue weighted by atomic mass is 9.91. The van der Waals surface area contributed by atoms with Gasteiger partial charge < -0.3 is 4.18 Å². The van der Waals surface area contributed by atoms with E-state index in [2.05, 4.69) is 44.2 Å². The molecule has 0 saturated carbocycles. The van der Waals surface area contributed by atoms with Crippen LogP contribution in [0.2, 0.25) is 0 Å². The second kappa shape index (κ2) is 8.01. The summed E-state index contributed by atoms with van der Waals surface area (Å²) in [4.78, 5) is 1.46. The predicted molar refractivity (Wildman–Crippen MR) is 138 cm³/mol. The van der Waals surface area contributed by atoms with E-state index >= 15 is 0 Å². The Kier molecular flexibility index (Phi) is 5.26. The first-order valence-electron chi connectivity index (χ1n) is 10.8. The van der Waals surface area contributed by atoms with Crippen molar-refractivity contribution < 1.29 is 12.6 Å². The number of hydrogen-bond donors (Lipinski definition) is 0. The van der Waals surface area contributed by atoms with Crippen LogP contribution in [-0.4, -0.2) is 8.42 Å². The van der Waals surface area contributed by atoms with Gasteiger partial charge in [-0.15, -0.1) is 11.3 Å². The van der Waals surface area contributed by atoms with Gasteiger partial charge in [-0.2, -0.15) is 8.42 Å². The van der Waals surface area contributed by atoms with Crippen LogP contribution in [0, 0.1) is 27.7 Å². The van der Waals surface area contributed by atoms with Crippen LogP contribution in [0.5, 0.6) is 5.75 Å². The Morgan fingerprint density at radius 3 is 2.12 bits per heavy atom. The van der Waals surface area contributed by atoms with Gasteiger partial charge in [0.1, 0.15) is 10.6 Å². The molecule has 0 aliphatic heterocycles. The standard InChI is InChI=1S/C28H24O3S2/c1-17-14-22(15-18(2)28(17)31-33(29,30)23-11-6-5-7-12-23)27-24-13-9-8-10-21(24)16-25-26(27)19(3)20(4)32-25/h5-16H,1-4H3. The van der Waals surface area contributed by atoms with Crippen molar-refractivity contribution in [1.29, 1.82) is 0 Å². The average molecular weight is 473 g/mol. The smallest absolute Gasteiger partial charge is 0.339 e. The van der Waals surface area contributed by atoms with Gasteiger partial charge in [-0.1, -0.05) is 42.5 Å². The summed E-state index contributed by atoms with van der Waals surface area (Å²) in [6, 6.07) is 23.0. The van der Waals surface area contributed by atoms with E-state index < -0.39 is 10.1 Å². The zero-order valence-electron chi connectivity index (χ0n) is 19.0. The molecule has 0 saturated heterocycles. The van der Waals surface area contributed by atoms with E-state index in [1.807, 2.05) is 37.3 Å². The minimum atomic E-state index is -3.91. The Hall–Kier alpha value is -3.15. The van der Waals surface area contributed by atoms with Crippen LogP contribution in [0.15, 0.2) is 77.7 Å². The van der Waals surface area contributed by atoms with Crippen molar-refractivity contribution in [3.05, 3.63) is 94.4 Å². The van der Waals surface area contributed by atoms with Crippen LogP contribution in [-0.2, 0) is 10.1 Å². The predicted octanol–water partition coefficient (Wildman–Crippen LogP) is 7.72. The van der Waals surface area contributed by atoms with E-state index in [1.165, 1.54) is 36.9 Å². The molecule has 0 aliphatic carbocycles. The monoisotopic (exact) mass is 472 g/mol. The van der Waals surface area contributed by atoms with Gasteiger partial charge in [-0.3, -0.25) is 0 Å². The van der Waals surface area contributed by atoms with E-state index in [9.17, 15) is 8.42 Å². The van der Waals surface area contributed by atoms with Crippen molar-refractivity contribution in [3.8, 4) is 16.9 Å². The zero-order chi connectivity index (χ0) is 23.3. The van der Waals surface area contributed by atoms with Crippen molar-refractivity contribution in [3.63, 3.8) is 0 Å². The van der Waals surface area contributed by atoms with Crippen LogP contribution in [0.25, 0.3) is 32.0 Å². The summed E-state index contributed by atoms with van der Waals surface area (Å²) >= 11 is 1.82. The van der Waals surface area contributed by atoms with Crippen molar-refractivity contribution >= 4 is 42.3 Å². The minimum absolute atomic E-state index is 0.146. The second-order valence-electron chi connectivity index (χ2n) is 8.42. The molecule has 33 heavy (non-hydrogen) atoms. The molecule has 166 valence electrons. The maximum absolute atomic E-state index is 12.8. The van der Waals surface area contributed by atoms with E-state index in [0.717, 1.165) is 16.7 Å². The summed E-state index contributed by atoms with van der Waals surface area (Å²) in [7, 11) is -3.91. The van der Waals surface area contributed by atoms with Gasteiger partial charge in [0.15, 0.2) is 0 Å². The molecule has 1 heterocycles. The SMILES string of the molecule is Cc1cc(-c2c3ccccc3cc3sc(C)c(C)c23)cc(C)c1OS(=O)(=O)c1ccccc1. The molecule has 1 aromatic heterocycles. The summed E-state index contributed by atoms with van der Waals surface area (Å²) < 4.78 is 32.6. The molecule has 3 nitrogen and oxygen atoms in total. The topological polar surface area (TPSA) is 43.4 Å². The van der Waals surface area contributed by atoms with Crippen molar-refractivity contribution in [1.82, 2.24) is 0 Å². The first-order chi connectivity index (χ1) is 15.8. The highest BCUT2D eigenvalue weighted by atomic mass is 32.2. The lowest BCUT2D eigenvalue weighted by Crippen LogP contribution is -2.11. The minimum Gasteiger partial charge on any atom is -0.378 e. The van der Waals surface area contributed by atoms with Gasteiger partial charge in [-0.05, 0) is 96.6 Å². The van der Waals surface area contributed by atoms with Gasteiger partial charge in [0, 0.05) is 15.0 Å². The van der Waals surface area contributed by atoms with E-state index in [1.54, 1.807) is 30.3 Å². The molecule has 0 spiro atoms. The van der Waals surface area contributed by atoms with Gasteiger partial charge in [0.25, 0.3) is 0 Å². The molecule has 5 rings (SSSR count). The fourth-order valence-electron chi connectivity index (χ4n) is 4.46. The fraction of sp³-hybridized carbons (Fsp3) is 0.143. The summed E-state index contributed by atoms with van der Waals surface area (Å²) in [5.41, 5.74) is 5.12. The summed E-state index contributed by atoms with van der Waals surface area (Å²) in [6.07, 6.45) is 0. The van der Waals surface area contributed by atoms with Crippen molar-refractivity contribution in [2.24, 2.45) is 0 Å².